The van der Waals surface area contributed by atoms with Gasteiger partial charge in [0.05, 0.1) is 0 Å². The minimum atomic E-state index is -0.236. The van der Waals surface area contributed by atoms with Gasteiger partial charge in [0.25, 0.3) is 5.91 Å². The summed E-state index contributed by atoms with van der Waals surface area (Å²) in [5, 5.41) is 2.79. The lowest BCUT2D eigenvalue weighted by Gasteiger charge is -2.19. The second kappa shape index (κ2) is 7.55. The average Bonchev–Trinajstić information content (AvgIpc) is 2.61. The molecule has 1 amide bonds. The van der Waals surface area contributed by atoms with Gasteiger partial charge in [0.2, 0.25) is 0 Å². The molecule has 0 saturated carbocycles. The Morgan fingerprint density at radius 1 is 1.17 bits per heavy atom. The lowest BCUT2D eigenvalue weighted by atomic mass is 10.1. The van der Waals surface area contributed by atoms with E-state index in [0.29, 0.717) is 42.6 Å². The van der Waals surface area contributed by atoms with Crippen LogP contribution in [0.3, 0.4) is 0 Å². The van der Waals surface area contributed by atoms with Gasteiger partial charge in [-0.2, -0.15) is 0 Å². The molecule has 24 heavy (non-hydrogen) atoms. The van der Waals surface area contributed by atoms with E-state index in [4.69, 9.17) is 14.2 Å². The van der Waals surface area contributed by atoms with Crippen LogP contribution >= 0.6 is 0 Å². The van der Waals surface area contributed by atoms with Gasteiger partial charge in [0.15, 0.2) is 18.1 Å². The maximum absolute atomic E-state index is 12.1. The van der Waals surface area contributed by atoms with E-state index >= 15 is 0 Å². The number of hydrogen-bond acceptors (Lipinski definition) is 4. The summed E-state index contributed by atoms with van der Waals surface area (Å²) in [4.78, 5) is 12.1. The van der Waals surface area contributed by atoms with Gasteiger partial charge in [-0.05, 0) is 30.2 Å². The first kappa shape index (κ1) is 15.9. The van der Waals surface area contributed by atoms with E-state index in [1.807, 2.05) is 24.3 Å². The number of anilines is 1. The largest absolute Gasteiger partial charge is 0.486 e. The number of rotatable bonds is 6. The number of fused-ring (bicyclic) bond motifs is 1. The van der Waals surface area contributed by atoms with Crippen LogP contribution in [0.4, 0.5) is 5.69 Å². The van der Waals surface area contributed by atoms with Gasteiger partial charge in [-0.1, -0.05) is 24.3 Å². The van der Waals surface area contributed by atoms with Crippen molar-refractivity contribution in [3.8, 4) is 17.2 Å². The highest BCUT2D eigenvalue weighted by molar-refractivity contribution is 5.92. The molecule has 0 saturated heterocycles. The summed E-state index contributed by atoms with van der Waals surface area (Å²) in [5.74, 6) is 1.78. The van der Waals surface area contributed by atoms with Crippen LogP contribution in [0.15, 0.2) is 55.1 Å². The number of carbonyl (C=O) groups is 1. The Bertz CT molecular complexity index is 742. The molecule has 0 fully saturated rings. The third kappa shape index (κ3) is 3.87. The fourth-order valence-electron chi connectivity index (χ4n) is 2.43. The lowest BCUT2D eigenvalue weighted by molar-refractivity contribution is -0.118. The topological polar surface area (TPSA) is 56.8 Å². The van der Waals surface area contributed by atoms with Crippen molar-refractivity contribution in [1.82, 2.24) is 0 Å². The van der Waals surface area contributed by atoms with E-state index in [0.717, 1.165) is 5.56 Å². The van der Waals surface area contributed by atoms with E-state index < -0.39 is 0 Å². The number of carbonyl (C=O) groups excluding carboxylic acids is 1. The number of allylic oxidation sites excluding steroid dienone is 1. The molecule has 1 N–H and O–H groups in total. The monoisotopic (exact) mass is 325 g/mol. The van der Waals surface area contributed by atoms with Gasteiger partial charge < -0.3 is 19.5 Å². The molecule has 0 unspecified atom stereocenters. The van der Waals surface area contributed by atoms with Crippen molar-refractivity contribution in [2.75, 3.05) is 25.1 Å². The molecule has 3 rings (SSSR count). The quantitative estimate of drug-likeness (QED) is 0.829. The van der Waals surface area contributed by atoms with Gasteiger partial charge in [-0.15, -0.1) is 6.58 Å². The van der Waals surface area contributed by atoms with Crippen LogP contribution in [-0.2, 0) is 11.2 Å². The zero-order chi connectivity index (χ0) is 16.8. The van der Waals surface area contributed by atoms with E-state index in [1.165, 1.54) is 0 Å². The van der Waals surface area contributed by atoms with E-state index in [9.17, 15) is 4.79 Å². The van der Waals surface area contributed by atoms with Crippen LogP contribution in [-0.4, -0.2) is 25.7 Å². The average molecular weight is 325 g/mol. The molecular formula is C19H19NO4. The number of para-hydroxylation sites is 1. The summed E-state index contributed by atoms with van der Waals surface area (Å²) in [5.41, 5.74) is 1.65. The number of nitrogens with one attached hydrogen (secondary N) is 1. The molecule has 5 nitrogen and oxygen atoms in total. The van der Waals surface area contributed by atoms with Gasteiger partial charge in [0, 0.05) is 11.8 Å². The number of ether oxygens (including phenoxy) is 3. The zero-order valence-corrected chi connectivity index (χ0v) is 13.3. The van der Waals surface area contributed by atoms with Crippen molar-refractivity contribution in [1.29, 1.82) is 0 Å². The Morgan fingerprint density at radius 3 is 2.79 bits per heavy atom. The van der Waals surface area contributed by atoms with Crippen molar-refractivity contribution in [2.24, 2.45) is 0 Å². The Kier molecular flexibility index (Phi) is 5.01. The van der Waals surface area contributed by atoms with Crippen molar-refractivity contribution in [3.05, 3.63) is 60.7 Å². The summed E-state index contributed by atoms with van der Waals surface area (Å²) in [6, 6.07) is 12.9. The predicted molar refractivity (Wildman–Crippen MR) is 91.9 cm³/mol. The highest BCUT2D eigenvalue weighted by Crippen LogP contribution is 2.32. The molecule has 0 aromatic heterocycles. The molecule has 0 bridgehead atoms. The highest BCUT2D eigenvalue weighted by atomic mass is 16.6. The van der Waals surface area contributed by atoms with Gasteiger partial charge in [0.1, 0.15) is 19.0 Å². The molecule has 0 spiro atoms. The smallest absolute Gasteiger partial charge is 0.262 e. The Morgan fingerprint density at radius 2 is 1.96 bits per heavy atom. The van der Waals surface area contributed by atoms with Gasteiger partial charge >= 0.3 is 0 Å². The number of benzene rings is 2. The maximum Gasteiger partial charge on any atom is 0.262 e. The maximum atomic E-state index is 12.1. The second-order valence-electron chi connectivity index (χ2n) is 5.30. The predicted octanol–water partition coefficient (Wildman–Crippen LogP) is 3.20. The van der Waals surface area contributed by atoms with E-state index in [1.54, 1.807) is 24.3 Å². The third-order valence-electron chi connectivity index (χ3n) is 3.52. The van der Waals surface area contributed by atoms with Crippen LogP contribution < -0.4 is 19.5 Å². The third-order valence-corrected chi connectivity index (χ3v) is 3.52. The molecule has 5 heteroatoms. The Labute approximate surface area is 140 Å². The minimum Gasteiger partial charge on any atom is -0.486 e. The molecule has 2 aromatic carbocycles. The lowest BCUT2D eigenvalue weighted by Crippen LogP contribution is -2.21. The molecule has 1 aliphatic rings. The summed E-state index contributed by atoms with van der Waals surface area (Å²) in [6.45, 7) is 4.71. The summed E-state index contributed by atoms with van der Waals surface area (Å²) < 4.78 is 16.6. The zero-order valence-electron chi connectivity index (χ0n) is 13.3. The molecular weight excluding hydrogens is 306 g/mol. The van der Waals surface area contributed by atoms with Crippen LogP contribution in [0.1, 0.15) is 5.56 Å². The molecule has 0 aliphatic carbocycles. The SMILES string of the molecule is C=CCc1ccccc1OCC(=O)Nc1ccc2c(c1)OCCO2. The van der Waals surface area contributed by atoms with Crippen molar-refractivity contribution in [3.63, 3.8) is 0 Å². The Hall–Kier alpha value is -2.95. The minimum absolute atomic E-state index is 0.0669. The normalized spacial score (nSPS) is 12.3. The molecule has 0 radical (unpaired) electrons. The molecule has 1 aliphatic heterocycles. The van der Waals surface area contributed by atoms with Crippen LogP contribution in [0.5, 0.6) is 17.2 Å². The second-order valence-corrected chi connectivity index (χ2v) is 5.30. The van der Waals surface area contributed by atoms with Crippen molar-refractivity contribution >= 4 is 11.6 Å². The molecule has 124 valence electrons. The molecule has 2 aromatic rings. The summed E-state index contributed by atoms with van der Waals surface area (Å²) in [7, 11) is 0. The standard InChI is InChI=1S/C19H19NO4/c1-2-5-14-6-3-4-7-16(14)24-13-19(21)20-15-8-9-17-18(12-15)23-11-10-22-17/h2-4,6-9,12H,1,5,10-11,13H2,(H,20,21). The van der Waals surface area contributed by atoms with E-state index in [2.05, 4.69) is 11.9 Å². The fraction of sp³-hybridized carbons (Fsp3) is 0.211. The van der Waals surface area contributed by atoms with Crippen LogP contribution in [0.2, 0.25) is 0 Å². The van der Waals surface area contributed by atoms with Crippen molar-refractivity contribution in [2.45, 2.75) is 6.42 Å². The van der Waals surface area contributed by atoms with Crippen LogP contribution in [0, 0.1) is 0 Å². The first-order valence-electron chi connectivity index (χ1n) is 7.77. The summed E-state index contributed by atoms with van der Waals surface area (Å²) >= 11 is 0. The highest BCUT2D eigenvalue weighted by Gasteiger charge is 2.13. The summed E-state index contributed by atoms with van der Waals surface area (Å²) in [6.07, 6.45) is 2.50. The van der Waals surface area contributed by atoms with Crippen molar-refractivity contribution < 1.29 is 19.0 Å². The Balaban J connectivity index is 1.59. The van der Waals surface area contributed by atoms with Gasteiger partial charge in [-0.3, -0.25) is 4.79 Å². The first-order valence-corrected chi connectivity index (χ1v) is 7.77. The molecule has 1 heterocycles. The first-order chi connectivity index (χ1) is 11.8. The van der Waals surface area contributed by atoms with Gasteiger partial charge in [-0.25, -0.2) is 0 Å². The number of hydrogen-bond donors (Lipinski definition) is 1. The molecule has 0 atom stereocenters. The van der Waals surface area contributed by atoms with Crippen LogP contribution in [0.25, 0.3) is 0 Å². The van der Waals surface area contributed by atoms with E-state index in [-0.39, 0.29) is 12.5 Å². The fourth-order valence-corrected chi connectivity index (χ4v) is 2.43. The number of amides is 1.